The summed E-state index contributed by atoms with van der Waals surface area (Å²) < 4.78 is 22.3. The predicted octanol–water partition coefficient (Wildman–Crippen LogP) is 2.61. The normalized spacial score (nSPS) is 12.3. The summed E-state index contributed by atoms with van der Waals surface area (Å²) in [5.74, 6) is 1.15. The smallest absolute Gasteiger partial charge is 0.150 e. The van der Waals surface area contributed by atoms with Crippen molar-refractivity contribution < 1.29 is 8.42 Å². The van der Waals surface area contributed by atoms with E-state index < -0.39 is 9.84 Å². The summed E-state index contributed by atoms with van der Waals surface area (Å²) in [6, 6.07) is 0. The zero-order valence-corrected chi connectivity index (χ0v) is 11.8. The van der Waals surface area contributed by atoms with Gasteiger partial charge in [-0.1, -0.05) is 38.8 Å². The Bertz CT molecular complexity index is 210. The van der Waals surface area contributed by atoms with E-state index in [1.54, 1.807) is 6.92 Å². The average molecular weight is 336 g/mol. The van der Waals surface area contributed by atoms with Gasteiger partial charge in [0.15, 0.2) is 0 Å². The van der Waals surface area contributed by atoms with E-state index in [0.717, 1.165) is 23.5 Å². The first-order valence-corrected chi connectivity index (χ1v) is 8.44. The second kappa shape index (κ2) is 7.23. The third-order valence-electron chi connectivity index (χ3n) is 1.94. The van der Waals surface area contributed by atoms with Crippen LogP contribution in [0.1, 0.15) is 19.8 Å². The quantitative estimate of drug-likeness (QED) is 0.670. The zero-order chi connectivity index (χ0) is 10.3. The number of sulfone groups is 1. The van der Waals surface area contributed by atoms with Crippen LogP contribution in [0, 0.1) is 5.92 Å². The molecule has 0 unspecified atom stereocenters. The maximum atomic E-state index is 11.1. The molecule has 80 valence electrons. The summed E-state index contributed by atoms with van der Waals surface area (Å²) in [5, 5.41) is 1.87. The van der Waals surface area contributed by atoms with Gasteiger partial charge < -0.3 is 0 Å². The molecule has 0 aromatic heterocycles. The van der Waals surface area contributed by atoms with Crippen LogP contribution in [0.4, 0.5) is 0 Å². The van der Waals surface area contributed by atoms with Crippen LogP contribution >= 0.6 is 31.9 Å². The molecule has 0 aliphatic carbocycles. The molecule has 0 saturated carbocycles. The lowest BCUT2D eigenvalue weighted by Crippen LogP contribution is -2.11. The number of halogens is 2. The third kappa shape index (κ3) is 6.91. The summed E-state index contributed by atoms with van der Waals surface area (Å²) in [5.41, 5.74) is 0. The fourth-order valence-corrected chi connectivity index (χ4v) is 3.55. The Hall–Kier alpha value is 0.910. The molecule has 0 aromatic carbocycles. The molecule has 0 aliphatic heterocycles. The van der Waals surface area contributed by atoms with E-state index in [0.29, 0.717) is 11.7 Å². The van der Waals surface area contributed by atoms with E-state index in [1.807, 2.05) is 0 Å². The second-order valence-electron chi connectivity index (χ2n) is 3.05. The Morgan fingerprint density at radius 2 is 1.77 bits per heavy atom. The number of hydrogen-bond acceptors (Lipinski definition) is 2. The molecule has 0 rings (SSSR count). The summed E-state index contributed by atoms with van der Waals surface area (Å²) in [6.07, 6.45) is 1.74. The molecular weight excluding hydrogens is 320 g/mol. The van der Waals surface area contributed by atoms with Gasteiger partial charge in [-0.2, -0.15) is 0 Å². The minimum absolute atomic E-state index is 0.264. The minimum atomic E-state index is -2.76. The van der Waals surface area contributed by atoms with Crippen molar-refractivity contribution in [3.63, 3.8) is 0 Å². The van der Waals surface area contributed by atoms with E-state index in [-0.39, 0.29) is 5.75 Å². The average Bonchev–Trinajstić information content (AvgIpc) is 2.12. The van der Waals surface area contributed by atoms with Gasteiger partial charge >= 0.3 is 0 Å². The molecule has 0 aliphatic rings. The Morgan fingerprint density at radius 3 is 2.15 bits per heavy atom. The molecule has 5 heteroatoms. The number of rotatable bonds is 7. The summed E-state index contributed by atoms with van der Waals surface area (Å²) in [6.45, 7) is 1.70. The van der Waals surface area contributed by atoms with Crippen LogP contribution in [0.3, 0.4) is 0 Å². The third-order valence-corrected chi connectivity index (χ3v) is 5.57. The lowest BCUT2D eigenvalue weighted by molar-refractivity contribution is 0.573. The van der Waals surface area contributed by atoms with Gasteiger partial charge in [-0.05, 0) is 18.8 Å². The molecule has 0 saturated heterocycles. The molecule has 0 fully saturated rings. The molecule has 0 spiro atoms. The van der Waals surface area contributed by atoms with Gasteiger partial charge in [-0.15, -0.1) is 0 Å². The van der Waals surface area contributed by atoms with E-state index in [1.165, 1.54) is 0 Å². The predicted molar refractivity (Wildman–Crippen MR) is 64.6 cm³/mol. The topological polar surface area (TPSA) is 34.1 Å². The first kappa shape index (κ1) is 13.9. The lowest BCUT2D eigenvalue weighted by atomic mass is 10.1. The molecule has 0 radical (unpaired) electrons. The van der Waals surface area contributed by atoms with E-state index in [9.17, 15) is 8.42 Å². The van der Waals surface area contributed by atoms with Crippen molar-refractivity contribution in [1.29, 1.82) is 0 Å². The fraction of sp³-hybridized carbons (Fsp3) is 1.00. The first-order chi connectivity index (χ1) is 6.05. The lowest BCUT2D eigenvalue weighted by Gasteiger charge is -2.09. The highest BCUT2D eigenvalue weighted by atomic mass is 79.9. The maximum Gasteiger partial charge on any atom is 0.150 e. The van der Waals surface area contributed by atoms with E-state index in [2.05, 4.69) is 31.9 Å². The van der Waals surface area contributed by atoms with Crippen LogP contribution in [-0.2, 0) is 9.84 Å². The molecule has 0 bridgehead atoms. The second-order valence-corrected chi connectivity index (χ2v) is 6.82. The van der Waals surface area contributed by atoms with Crippen molar-refractivity contribution >= 4 is 41.7 Å². The van der Waals surface area contributed by atoms with Gasteiger partial charge in [0.2, 0.25) is 0 Å². The largest absolute Gasteiger partial charge is 0.229 e. The van der Waals surface area contributed by atoms with E-state index in [4.69, 9.17) is 0 Å². The van der Waals surface area contributed by atoms with Gasteiger partial charge in [0.05, 0.1) is 5.75 Å². The Balaban J connectivity index is 3.67. The monoisotopic (exact) mass is 334 g/mol. The van der Waals surface area contributed by atoms with Gasteiger partial charge in [0, 0.05) is 16.4 Å². The van der Waals surface area contributed by atoms with Crippen molar-refractivity contribution in [2.75, 3.05) is 22.2 Å². The van der Waals surface area contributed by atoms with Crippen LogP contribution in [-0.4, -0.2) is 30.6 Å². The molecule has 13 heavy (non-hydrogen) atoms. The van der Waals surface area contributed by atoms with Gasteiger partial charge in [0.1, 0.15) is 9.84 Å². The van der Waals surface area contributed by atoms with E-state index >= 15 is 0 Å². The van der Waals surface area contributed by atoms with Gasteiger partial charge in [-0.25, -0.2) is 8.42 Å². The molecule has 2 nitrogen and oxygen atoms in total. The highest BCUT2D eigenvalue weighted by molar-refractivity contribution is 9.09. The molecule has 0 N–H and O–H groups in total. The Kier molecular flexibility index (Phi) is 7.74. The number of alkyl halides is 2. The highest BCUT2D eigenvalue weighted by Gasteiger charge is 2.10. The van der Waals surface area contributed by atoms with Crippen LogP contribution in [0.5, 0.6) is 0 Å². The highest BCUT2D eigenvalue weighted by Crippen LogP contribution is 2.13. The molecular formula is C8H16Br2O2S. The molecule has 0 amide bonds. The summed E-state index contributed by atoms with van der Waals surface area (Å²) >= 11 is 6.79. The maximum absolute atomic E-state index is 11.1. The molecule has 0 atom stereocenters. The van der Waals surface area contributed by atoms with Crippen LogP contribution in [0.15, 0.2) is 0 Å². The van der Waals surface area contributed by atoms with Crippen molar-refractivity contribution in [1.82, 2.24) is 0 Å². The van der Waals surface area contributed by atoms with Gasteiger partial charge in [-0.3, -0.25) is 0 Å². The minimum Gasteiger partial charge on any atom is -0.229 e. The fourth-order valence-electron chi connectivity index (χ4n) is 0.932. The van der Waals surface area contributed by atoms with Crippen molar-refractivity contribution in [3.05, 3.63) is 0 Å². The van der Waals surface area contributed by atoms with Crippen LogP contribution in [0.2, 0.25) is 0 Å². The van der Waals surface area contributed by atoms with Crippen molar-refractivity contribution in [3.8, 4) is 0 Å². The zero-order valence-electron chi connectivity index (χ0n) is 7.80. The SMILES string of the molecule is CCS(=O)(=O)CCCC(CBr)CBr. The Labute approximate surface area is 97.7 Å². The van der Waals surface area contributed by atoms with Crippen molar-refractivity contribution in [2.45, 2.75) is 19.8 Å². The summed E-state index contributed by atoms with van der Waals surface area (Å²) in [4.78, 5) is 0. The molecule has 0 heterocycles. The van der Waals surface area contributed by atoms with Crippen LogP contribution in [0.25, 0.3) is 0 Å². The van der Waals surface area contributed by atoms with Crippen LogP contribution < -0.4 is 0 Å². The number of hydrogen-bond donors (Lipinski definition) is 0. The van der Waals surface area contributed by atoms with Crippen molar-refractivity contribution in [2.24, 2.45) is 5.92 Å². The van der Waals surface area contributed by atoms with Gasteiger partial charge in [0.25, 0.3) is 0 Å². The molecule has 0 aromatic rings. The first-order valence-electron chi connectivity index (χ1n) is 4.38. The Morgan fingerprint density at radius 1 is 1.23 bits per heavy atom. The summed E-state index contributed by atoms with van der Waals surface area (Å²) in [7, 11) is -2.76. The standard InChI is InChI=1S/C8H16Br2O2S/c1-2-13(11,12)5-3-4-8(6-9)7-10/h8H,2-7H2,1H3.